The van der Waals surface area contributed by atoms with E-state index in [-0.39, 0.29) is 30.1 Å². The largest absolute Gasteiger partial charge is 0.480 e. The first-order chi connectivity index (χ1) is 11.8. The highest BCUT2D eigenvalue weighted by Gasteiger charge is 2.34. The van der Waals surface area contributed by atoms with Crippen molar-refractivity contribution in [2.45, 2.75) is 45.2 Å². The molecule has 8 heteroatoms. The molecule has 0 saturated heterocycles. The summed E-state index contributed by atoms with van der Waals surface area (Å²) in [5.41, 5.74) is 0.618. The number of aliphatic carboxylic acids is 1. The van der Waals surface area contributed by atoms with Crippen molar-refractivity contribution in [3.63, 3.8) is 0 Å². The fraction of sp³-hybridized carbons (Fsp3) is 0.529. The number of likely N-dealkylation sites (N-methyl/N-ethyl adjacent to an activating group) is 1. The Hall–Kier alpha value is -2.48. The molecule has 0 atom stereocenters. The lowest BCUT2D eigenvalue weighted by molar-refractivity contribution is -0.384. The minimum absolute atomic E-state index is 0.00185. The fourth-order valence-corrected chi connectivity index (χ4v) is 3.08. The molecule has 0 aromatic heterocycles. The highest BCUT2D eigenvalue weighted by Crippen LogP contribution is 2.33. The molecule has 25 heavy (non-hydrogen) atoms. The molecule has 8 nitrogen and oxygen atoms in total. The highest BCUT2D eigenvalue weighted by atomic mass is 16.6. The average molecular weight is 349 g/mol. The van der Waals surface area contributed by atoms with Crippen LogP contribution in [-0.4, -0.2) is 51.9 Å². The van der Waals surface area contributed by atoms with Crippen LogP contribution in [0.1, 0.15) is 43.5 Å². The zero-order valence-corrected chi connectivity index (χ0v) is 14.4. The Balaban J connectivity index is 2.03. The molecule has 0 aliphatic heterocycles. The molecule has 2 N–H and O–H groups in total. The Morgan fingerprint density at radius 1 is 1.36 bits per heavy atom. The lowest BCUT2D eigenvalue weighted by Gasteiger charge is -2.42. The van der Waals surface area contributed by atoms with Crippen LogP contribution in [-0.2, 0) is 4.79 Å². The van der Waals surface area contributed by atoms with E-state index in [1.165, 1.54) is 6.07 Å². The van der Waals surface area contributed by atoms with Crippen LogP contribution in [0.4, 0.5) is 11.4 Å². The molecule has 1 aliphatic rings. The predicted molar refractivity (Wildman–Crippen MR) is 93.0 cm³/mol. The quantitative estimate of drug-likeness (QED) is 0.400. The third-order valence-electron chi connectivity index (χ3n) is 4.57. The number of nitro groups is 1. The van der Waals surface area contributed by atoms with E-state index in [4.69, 9.17) is 5.11 Å². The van der Waals surface area contributed by atoms with Gasteiger partial charge in [0.2, 0.25) is 0 Å². The van der Waals surface area contributed by atoms with Crippen LogP contribution in [0, 0.1) is 10.1 Å². The molecule has 1 aromatic carbocycles. The maximum Gasteiger partial charge on any atom is 0.317 e. The van der Waals surface area contributed by atoms with Gasteiger partial charge in [-0.25, -0.2) is 0 Å². The third kappa shape index (κ3) is 4.54. The summed E-state index contributed by atoms with van der Waals surface area (Å²) in [6.45, 7) is 4.28. The van der Waals surface area contributed by atoms with E-state index in [1.807, 2.05) is 11.8 Å². The van der Waals surface area contributed by atoms with Crippen LogP contribution >= 0.6 is 0 Å². The van der Waals surface area contributed by atoms with E-state index >= 15 is 0 Å². The zero-order chi connectivity index (χ0) is 18.6. The maximum atomic E-state index is 11.7. The summed E-state index contributed by atoms with van der Waals surface area (Å²) in [7, 11) is 0. The number of carbonyl (C=O) groups excluding carboxylic acids is 1. The minimum Gasteiger partial charge on any atom is -0.480 e. The Kier molecular flexibility index (Phi) is 6.08. The van der Waals surface area contributed by atoms with Crippen LogP contribution in [0.15, 0.2) is 18.2 Å². The standard InChI is InChI=1S/C17H23N3O5/c1-3-16(21)11-5-6-14(15(7-11)20(24)25)18-12-8-13(9-12)19(4-2)10-17(22)23/h5-7,12-13,18H,3-4,8-10H2,1-2H3,(H,22,23). The lowest BCUT2D eigenvalue weighted by atomic mass is 9.85. The Bertz CT molecular complexity index is 670. The fourth-order valence-electron chi connectivity index (χ4n) is 3.08. The van der Waals surface area contributed by atoms with Crippen molar-refractivity contribution in [1.29, 1.82) is 0 Å². The second-order valence-electron chi connectivity index (χ2n) is 6.19. The zero-order valence-electron chi connectivity index (χ0n) is 14.4. The van der Waals surface area contributed by atoms with E-state index in [1.54, 1.807) is 19.1 Å². The van der Waals surface area contributed by atoms with Crippen molar-refractivity contribution in [2.75, 3.05) is 18.4 Å². The molecule has 0 amide bonds. The lowest BCUT2D eigenvalue weighted by Crippen LogP contribution is -2.51. The number of hydrogen-bond acceptors (Lipinski definition) is 6. The van der Waals surface area contributed by atoms with Gasteiger partial charge in [0, 0.05) is 30.1 Å². The Morgan fingerprint density at radius 3 is 2.56 bits per heavy atom. The first-order valence-electron chi connectivity index (χ1n) is 8.39. The monoisotopic (exact) mass is 349 g/mol. The number of carboxylic acids is 1. The number of anilines is 1. The number of hydrogen-bond donors (Lipinski definition) is 2. The summed E-state index contributed by atoms with van der Waals surface area (Å²) < 4.78 is 0. The molecular weight excluding hydrogens is 326 g/mol. The number of carbonyl (C=O) groups is 2. The van der Waals surface area contributed by atoms with Gasteiger partial charge in [-0.15, -0.1) is 0 Å². The van der Waals surface area contributed by atoms with E-state index in [0.717, 1.165) is 12.8 Å². The van der Waals surface area contributed by atoms with Crippen molar-refractivity contribution in [2.24, 2.45) is 0 Å². The SMILES string of the molecule is CCC(=O)c1ccc(NC2CC(N(CC)CC(=O)O)C2)c([N+](=O)[O-])c1. The van der Waals surface area contributed by atoms with Gasteiger partial charge >= 0.3 is 5.97 Å². The van der Waals surface area contributed by atoms with Gasteiger partial charge in [-0.2, -0.15) is 0 Å². The normalized spacial score (nSPS) is 19.3. The molecule has 0 unspecified atom stereocenters. The molecule has 136 valence electrons. The second kappa shape index (κ2) is 8.06. The number of nitrogens with one attached hydrogen (secondary N) is 1. The molecule has 0 heterocycles. The smallest absolute Gasteiger partial charge is 0.317 e. The van der Waals surface area contributed by atoms with Crippen LogP contribution in [0.3, 0.4) is 0 Å². The van der Waals surface area contributed by atoms with E-state index in [9.17, 15) is 19.7 Å². The number of nitro benzene ring substituents is 1. The number of benzene rings is 1. The summed E-state index contributed by atoms with van der Waals surface area (Å²) in [4.78, 5) is 35.3. The van der Waals surface area contributed by atoms with Crippen LogP contribution in [0.5, 0.6) is 0 Å². The summed E-state index contributed by atoms with van der Waals surface area (Å²) in [6, 6.07) is 4.70. The van der Waals surface area contributed by atoms with Gasteiger partial charge in [0.25, 0.3) is 5.69 Å². The molecule has 0 bridgehead atoms. The van der Waals surface area contributed by atoms with Gasteiger partial charge in [0.05, 0.1) is 11.5 Å². The molecule has 0 spiro atoms. The molecule has 0 radical (unpaired) electrons. The van der Waals surface area contributed by atoms with E-state index in [2.05, 4.69) is 5.32 Å². The molecule has 1 aliphatic carbocycles. The number of nitrogens with zero attached hydrogens (tertiary/aromatic N) is 2. The first kappa shape index (κ1) is 18.9. The van der Waals surface area contributed by atoms with Gasteiger partial charge in [-0.3, -0.25) is 24.6 Å². The number of carboxylic acid groups (broad SMARTS) is 1. The van der Waals surface area contributed by atoms with Gasteiger partial charge in [0.15, 0.2) is 5.78 Å². The van der Waals surface area contributed by atoms with Gasteiger partial charge < -0.3 is 10.4 Å². The highest BCUT2D eigenvalue weighted by molar-refractivity contribution is 5.97. The van der Waals surface area contributed by atoms with Crippen molar-refractivity contribution >= 4 is 23.1 Å². The van der Waals surface area contributed by atoms with Crippen LogP contribution in [0.25, 0.3) is 0 Å². The van der Waals surface area contributed by atoms with Gasteiger partial charge in [-0.05, 0) is 31.5 Å². The number of ketones is 1. The Morgan fingerprint density at radius 2 is 2.04 bits per heavy atom. The average Bonchev–Trinajstić information content (AvgIpc) is 2.54. The third-order valence-corrected chi connectivity index (χ3v) is 4.57. The molecule has 1 fully saturated rings. The first-order valence-corrected chi connectivity index (χ1v) is 8.39. The second-order valence-corrected chi connectivity index (χ2v) is 6.19. The van der Waals surface area contributed by atoms with Gasteiger partial charge in [0.1, 0.15) is 5.69 Å². The van der Waals surface area contributed by atoms with Crippen LogP contribution < -0.4 is 5.32 Å². The summed E-state index contributed by atoms with van der Waals surface area (Å²) in [5, 5.41) is 23.4. The topological polar surface area (TPSA) is 113 Å². The molecule has 1 saturated carbocycles. The number of rotatable bonds is 9. The minimum atomic E-state index is -0.856. The molecular formula is C17H23N3O5. The molecule has 1 aromatic rings. The summed E-state index contributed by atoms with van der Waals surface area (Å²) in [6.07, 6.45) is 1.76. The number of Topliss-reactive ketones (excluding diaryl/α,β-unsaturated/α-hetero) is 1. The summed E-state index contributed by atoms with van der Waals surface area (Å²) in [5.74, 6) is -0.990. The Labute approximate surface area is 146 Å². The maximum absolute atomic E-state index is 11.7. The van der Waals surface area contributed by atoms with E-state index in [0.29, 0.717) is 24.2 Å². The van der Waals surface area contributed by atoms with Gasteiger partial charge in [-0.1, -0.05) is 13.8 Å². The van der Waals surface area contributed by atoms with Crippen molar-refractivity contribution in [3.05, 3.63) is 33.9 Å². The van der Waals surface area contributed by atoms with Crippen molar-refractivity contribution < 1.29 is 19.6 Å². The van der Waals surface area contributed by atoms with Crippen molar-refractivity contribution in [3.8, 4) is 0 Å². The van der Waals surface area contributed by atoms with Crippen molar-refractivity contribution in [1.82, 2.24) is 4.90 Å². The van der Waals surface area contributed by atoms with E-state index < -0.39 is 10.9 Å². The molecule has 2 rings (SSSR count). The van der Waals surface area contributed by atoms with Crippen LogP contribution in [0.2, 0.25) is 0 Å². The predicted octanol–water partition coefficient (Wildman–Crippen LogP) is 2.54. The summed E-state index contributed by atoms with van der Waals surface area (Å²) >= 11 is 0.